The normalized spacial score (nSPS) is 11.9. The van der Waals surface area contributed by atoms with Gasteiger partial charge in [0, 0.05) is 30.2 Å². The molecular formula is C26H27ClN4O6S. The minimum absolute atomic E-state index is 0.0220. The highest BCUT2D eigenvalue weighted by molar-refractivity contribution is 7.92. The first-order chi connectivity index (χ1) is 18.0. The van der Waals surface area contributed by atoms with Gasteiger partial charge in [-0.1, -0.05) is 48.0 Å². The second kappa shape index (κ2) is 12.5. The summed E-state index contributed by atoms with van der Waals surface area (Å²) in [4.78, 5) is 38.3. The van der Waals surface area contributed by atoms with E-state index in [0.717, 1.165) is 10.4 Å². The maximum absolute atomic E-state index is 13.7. The first kappa shape index (κ1) is 28.6. The van der Waals surface area contributed by atoms with E-state index in [4.69, 9.17) is 11.6 Å². The van der Waals surface area contributed by atoms with Crippen molar-refractivity contribution in [1.82, 2.24) is 10.2 Å². The van der Waals surface area contributed by atoms with Crippen LogP contribution in [0.4, 0.5) is 11.4 Å². The Hall–Kier alpha value is -3.96. The van der Waals surface area contributed by atoms with E-state index >= 15 is 0 Å². The van der Waals surface area contributed by atoms with Gasteiger partial charge in [-0.05, 0) is 49.7 Å². The van der Waals surface area contributed by atoms with E-state index in [9.17, 15) is 28.1 Å². The number of sulfonamides is 1. The maximum Gasteiger partial charge on any atom is 0.271 e. The molecule has 0 radical (unpaired) electrons. The zero-order valence-electron chi connectivity index (χ0n) is 20.8. The van der Waals surface area contributed by atoms with Gasteiger partial charge in [0.15, 0.2) is 0 Å². The van der Waals surface area contributed by atoms with Crippen molar-refractivity contribution >= 4 is 44.8 Å². The molecule has 0 unspecified atom stereocenters. The zero-order chi connectivity index (χ0) is 27.9. The zero-order valence-corrected chi connectivity index (χ0v) is 22.4. The molecule has 0 bridgehead atoms. The van der Waals surface area contributed by atoms with Gasteiger partial charge in [0.05, 0.1) is 15.5 Å². The molecule has 0 saturated carbocycles. The van der Waals surface area contributed by atoms with Crippen LogP contribution in [-0.4, -0.2) is 49.2 Å². The number of nitro benzene ring substituents is 1. The number of carbonyl (C=O) groups excluding carboxylic acids is 2. The number of non-ortho nitro benzene ring substituents is 1. The van der Waals surface area contributed by atoms with Crippen molar-refractivity contribution in [3.8, 4) is 0 Å². The number of anilines is 1. The molecule has 3 rings (SSSR count). The van der Waals surface area contributed by atoms with Crippen LogP contribution in [0.15, 0.2) is 83.8 Å². The lowest BCUT2D eigenvalue weighted by molar-refractivity contribution is -0.384. The predicted octanol–water partition coefficient (Wildman–Crippen LogP) is 4.00. The van der Waals surface area contributed by atoms with E-state index in [1.807, 2.05) is 0 Å². The minimum atomic E-state index is -4.32. The highest BCUT2D eigenvalue weighted by Crippen LogP contribution is 2.27. The molecule has 3 aromatic rings. The van der Waals surface area contributed by atoms with Gasteiger partial charge >= 0.3 is 0 Å². The van der Waals surface area contributed by atoms with Crippen LogP contribution in [0.1, 0.15) is 19.4 Å². The summed E-state index contributed by atoms with van der Waals surface area (Å²) in [6.07, 6.45) is 0. The molecule has 0 fully saturated rings. The Bertz CT molecular complexity index is 1420. The molecule has 3 aromatic carbocycles. The van der Waals surface area contributed by atoms with Crippen molar-refractivity contribution in [2.45, 2.75) is 31.3 Å². The Kier molecular flexibility index (Phi) is 9.43. The van der Waals surface area contributed by atoms with Gasteiger partial charge in [-0.3, -0.25) is 24.0 Å². The number of benzene rings is 3. The number of halogens is 1. The number of rotatable bonds is 11. The van der Waals surface area contributed by atoms with Crippen LogP contribution in [-0.2, 0) is 26.2 Å². The number of nitro groups is 1. The molecule has 0 aliphatic carbocycles. The van der Waals surface area contributed by atoms with E-state index in [1.54, 1.807) is 37.3 Å². The van der Waals surface area contributed by atoms with Crippen molar-refractivity contribution in [2.75, 3.05) is 17.4 Å². The summed E-state index contributed by atoms with van der Waals surface area (Å²) in [6.45, 7) is 2.89. The second-order valence-corrected chi connectivity index (χ2v) is 10.6. The summed E-state index contributed by atoms with van der Waals surface area (Å²) in [5.41, 5.74) is 0.231. The van der Waals surface area contributed by atoms with Crippen molar-refractivity contribution in [2.24, 2.45) is 0 Å². The third kappa shape index (κ3) is 6.87. The predicted molar refractivity (Wildman–Crippen MR) is 144 cm³/mol. The lowest BCUT2D eigenvalue weighted by atomic mass is 10.1. The lowest BCUT2D eigenvalue weighted by Crippen LogP contribution is -2.51. The molecule has 2 amide bonds. The summed E-state index contributed by atoms with van der Waals surface area (Å²) in [5, 5.41) is 14.5. The summed E-state index contributed by atoms with van der Waals surface area (Å²) < 4.78 is 28.2. The van der Waals surface area contributed by atoms with Gasteiger partial charge in [0.2, 0.25) is 11.8 Å². The van der Waals surface area contributed by atoms with E-state index in [0.29, 0.717) is 17.1 Å². The monoisotopic (exact) mass is 558 g/mol. The fraction of sp³-hybridized carbons (Fsp3) is 0.231. The van der Waals surface area contributed by atoms with Gasteiger partial charge in [-0.25, -0.2) is 8.42 Å². The van der Waals surface area contributed by atoms with Gasteiger partial charge < -0.3 is 10.2 Å². The minimum Gasteiger partial charge on any atom is -0.355 e. The molecule has 1 N–H and O–H groups in total. The molecular weight excluding hydrogens is 532 g/mol. The summed E-state index contributed by atoms with van der Waals surface area (Å²) >= 11 is 6.11. The van der Waals surface area contributed by atoms with Crippen LogP contribution in [0, 0.1) is 10.1 Å². The SMILES string of the molecule is CCNC(=O)[C@@H](C)N(Cc1cccc(Cl)c1)C(=O)CN(c1cccc([N+](=O)[O-])c1)S(=O)(=O)c1ccccc1. The van der Waals surface area contributed by atoms with Crippen molar-refractivity contribution in [3.63, 3.8) is 0 Å². The molecule has 0 spiro atoms. The molecule has 1 atom stereocenters. The van der Waals surface area contributed by atoms with Crippen LogP contribution in [0.25, 0.3) is 0 Å². The Morgan fingerprint density at radius 1 is 1.03 bits per heavy atom. The molecule has 38 heavy (non-hydrogen) atoms. The third-order valence-electron chi connectivity index (χ3n) is 5.70. The molecule has 200 valence electrons. The first-order valence-electron chi connectivity index (χ1n) is 11.7. The lowest BCUT2D eigenvalue weighted by Gasteiger charge is -2.32. The van der Waals surface area contributed by atoms with E-state index < -0.39 is 39.3 Å². The van der Waals surface area contributed by atoms with Crippen molar-refractivity contribution in [1.29, 1.82) is 0 Å². The standard InChI is InChI=1S/C26H27ClN4O6S/c1-3-28-26(33)19(2)29(17-20-9-7-10-21(27)15-20)25(32)18-30(22-11-8-12-23(16-22)31(34)35)38(36,37)24-13-5-4-6-14-24/h4-16,19H,3,17-18H2,1-2H3,(H,28,33)/t19-/m1/s1. The van der Waals surface area contributed by atoms with Crippen LogP contribution < -0.4 is 9.62 Å². The molecule has 0 saturated heterocycles. The smallest absolute Gasteiger partial charge is 0.271 e. The highest BCUT2D eigenvalue weighted by Gasteiger charge is 2.33. The number of hydrogen-bond donors (Lipinski definition) is 1. The number of nitrogens with one attached hydrogen (secondary N) is 1. The van der Waals surface area contributed by atoms with Gasteiger partial charge in [-0.2, -0.15) is 0 Å². The van der Waals surface area contributed by atoms with Crippen molar-refractivity contribution < 1.29 is 22.9 Å². The molecule has 0 aromatic heterocycles. The van der Waals surface area contributed by atoms with Crippen molar-refractivity contribution in [3.05, 3.63) is 99.6 Å². The first-order valence-corrected chi connectivity index (χ1v) is 13.5. The van der Waals surface area contributed by atoms with Crippen LogP contribution >= 0.6 is 11.6 Å². The molecule has 10 nitrogen and oxygen atoms in total. The average molecular weight is 559 g/mol. The average Bonchev–Trinajstić information content (AvgIpc) is 2.90. The fourth-order valence-electron chi connectivity index (χ4n) is 3.75. The van der Waals surface area contributed by atoms with Crippen LogP contribution in [0.3, 0.4) is 0 Å². The Balaban J connectivity index is 2.06. The number of nitrogens with zero attached hydrogens (tertiary/aromatic N) is 3. The third-order valence-corrected chi connectivity index (χ3v) is 7.72. The summed E-state index contributed by atoms with van der Waals surface area (Å²) in [7, 11) is -4.32. The number of amides is 2. The highest BCUT2D eigenvalue weighted by atomic mass is 35.5. The van der Waals surface area contributed by atoms with E-state index in [2.05, 4.69) is 5.32 Å². The number of hydrogen-bond acceptors (Lipinski definition) is 6. The van der Waals surface area contributed by atoms with Crippen LogP contribution in [0.2, 0.25) is 5.02 Å². The Labute approximate surface area is 226 Å². The number of likely N-dealkylation sites (N-methyl/N-ethyl adjacent to an activating group) is 1. The Morgan fingerprint density at radius 3 is 2.34 bits per heavy atom. The molecule has 12 heteroatoms. The van der Waals surface area contributed by atoms with Gasteiger partial charge in [0.25, 0.3) is 15.7 Å². The molecule has 0 aliphatic heterocycles. The summed E-state index contributed by atoms with van der Waals surface area (Å²) in [5.74, 6) is -1.11. The Morgan fingerprint density at radius 2 is 1.71 bits per heavy atom. The second-order valence-electron chi connectivity index (χ2n) is 8.32. The largest absolute Gasteiger partial charge is 0.355 e. The summed E-state index contributed by atoms with van der Waals surface area (Å²) in [6, 6.07) is 18.2. The molecule has 0 heterocycles. The quantitative estimate of drug-likeness (QED) is 0.280. The number of carbonyl (C=O) groups is 2. The topological polar surface area (TPSA) is 130 Å². The molecule has 0 aliphatic rings. The van der Waals surface area contributed by atoms with Gasteiger partial charge in [-0.15, -0.1) is 0 Å². The maximum atomic E-state index is 13.7. The van der Waals surface area contributed by atoms with Crippen LogP contribution in [0.5, 0.6) is 0 Å². The van der Waals surface area contributed by atoms with E-state index in [1.165, 1.54) is 54.3 Å². The van der Waals surface area contributed by atoms with Gasteiger partial charge in [0.1, 0.15) is 12.6 Å². The fourth-order valence-corrected chi connectivity index (χ4v) is 5.39. The van der Waals surface area contributed by atoms with E-state index in [-0.39, 0.29) is 22.8 Å².